The van der Waals surface area contributed by atoms with Gasteiger partial charge in [-0.15, -0.1) is 0 Å². The molecule has 1 aliphatic heterocycles. The van der Waals surface area contributed by atoms with Crippen LogP contribution in [-0.2, 0) is 0 Å². The minimum absolute atomic E-state index is 0.120. The molecular formula is C12H16F3N3O. The SMILES string of the molecule is Cc1[nH]ccc1C(=O)N1CCN(CC(F)(F)F)CC1. The Morgan fingerprint density at radius 1 is 1.32 bits per heavy atom. The van der Waals surface area contributed by atoms with Crippen molar-refractivity contribution in [3.8, 4) is 0 Å². The molecule has 19 heavy (non-hydrogen) atoms. The molecule has 0 radical (unpaired) electrons. The molecule has 0 aromatic carbocycles. The molecule has 106 valence electrons. The van der Waals surface area contributed by atoms with E-state index in [1.807, 2.05) is 0 Å². The number of aromatic nitrogens is 1. The van der Waals surface area contributed by atoms with Crippen LogP contribution in [0.4, 0.5) is 13.2 Å². The lowest BCUT2D eigenvalue weighted by Crippen LogP contribution is -2.50. The van der Waals surface area contributed by atoms with E-state index in [0.717, 1.165) is 5.69 Å². The number of aryl methyl sites for hydroxylation is 1. The van der Waals surface area contributed by atoms with Crippen LogP contribution in [0.15, 0.2) is 12.3 Å². The van der Waals surface area contributed by atoms with E-state index in [0.29, 0.717) is 18.7 Å². The fraction of sp³-hybridized carbons (Fsp3) is 0.583. The molecule has 4 nitrogen and oxygen atoms in total. The third-order valence-electron chi connectivity index (χ3n) is 3.25. The Balaban J connectivity index is 1.90. The highest BCUT2D eigenvalue weighted by Gasteiger charge is 2.33. The van der Waals surface area contributed by atoms with Crippen molar-refractivity contribution in [3.05, 3.63) is 23.5 Å². The van der Waals surface area contributed by atoms with Crippen LogP contribution < -0.4 is 0 Å². The topological polar surface area (TPSA) is 39.3 Å². The van der Waals surface area contributed by atoms with Crippen LogP contribution in [0.25, 0.3) is 0 Å². The summed E-state index contributed by atoms with van der Waals surface area (Å²) in [6.07, 6.45) is -2.49. The molecule has 1 aromatic heterocycles. The number of rotatable bonds is 2. The molecule has 1 aromatic rings. The van der Waals surface area contributed by atoms with Gasteiger partial charge in [0.2, 0.25) is 0 Å². The Bertz CT molecular complexity index is 447. The maximum atomic E-state index is 12.2. The van der Waals surface area contributed by atoms with E-state index in [2.05, 4.69) is 4.98 Å². The van der Waals surface area contributed by atoms with Crippen molar-refractivity contribution in [2.24, 2.45) is 0 Å². The normalized spacial score (nSPS) is 17.8. The fourth-order valence-corrected chi connectivity index (χ4v) is 2.22. The number of hydrogen-bond donors (Lipinski definition) is 1. The van der Waals surface area contributed by atoms with Crippen LogP contribution in [0.1, 0.15) is 16.1 Å². The maximum Gasteiger partial charge on any atom is 0.401 e. The summed E-state index contributed by atoms with van der Waals surface area (Å²) in [4.78, 5) is 18.0. The van der Waals surface area contributed by atoms with Crippen molar-refractivity contribution < 1.29 is 18.0 Å². The Hall–Kier alpha value is -1.50. The second-order valence-corrected chi connectivity index (χ2v) is 4.70. The average molecular weight is 275 g/mol. The lowest BCUT2D eigenvalue weighted by atomic mass is 10.2. The van der Waals surface area contributed by atoms with Crippen LogP contribution in [0, 0.1) is 6.92 Å². The second-order valence-electron chi connectivity index (χ2n) is 4.70. The van der Waals surface area contributed by atoms with E-state index in [1.165, 1.54) is 4.90 Å². The lowest BCUT2D eigenvalue weighted by Gasteiger charge is -2.35. The summed E-state index contributed by atoms with van der Waals surface area (Å²) in [5.74, 6) is -0.120. The summed E-state index contributed by atoms with van der Waals surface area (Å²) in [6.45, 7) is 2.08. The Labute approximate surface area is 109 Å². The molecule has 1 fully saturated rings. The van der Waals surface area contributed by atoms with Gasteiger partial charge in [0.25, 0.3) is 5.91 Å². The zero-order valence-corrected chi connectivity index (χ0v) is 10.6. The van der Waals surface area contributed by atoms with Crippen molar-refractivity contribution >= 4 is 5.91 Å². The van der Waals surface area contributed by atoms with Crippen molar-refractivity contribution in [2.45, 2.75) is 13.1 Å². The number of carbonyl (C=O) groups is 1. The first kappa shape index (κ1) is 13.9. The van der Waals surface area contributed by atoms with Crippen LogP contribution in [0.2, 0.25) is 0 Å². The summed E-state index contributed by atoms with van der Waals surface area (Å²) >= 11 is 0. The number of alkyl halides is 3. The van der Waals surface area contributed by atoms with Crippen molar-refractivity contribution in [1.82, 2.24) is 14.8 Å². The highest BCUT2D eigenvalue weighted by Crippen LogP contribution is 2.18. The summed E-state index contributed by atoms with van der Waals surface area (Å²) in [6, 6.07) is 1.69. The summed E-state index contributed by atoms with van der Waals surface area (Å²) in [5, 5.41) is 0. The van der Waals surface area contributed by atoms with Gasteiger partial charge < -0.3 is 9.88 Å². The predicted octanol–water partition coefficient (Wildman–Crippen LogP) is 1.64. The zero-order chi connectivity index (χ0) is 14.0. The average Bonchev–Trinajstić information content (AvgIpc) is 2.73. The van der Waals surface area contributed by atoms with E-state index >= 15 is 0 Å². The number of carbonyl (C=O) groups excluding carboxylic acids is 1. The quantitative estimate of drug-likeness (QED) is 0.891. The summed E-state index contributed by atoms with van der Waals surface area (Å²) < 4.78 is 36.7. The van der Waals surface area contributed by atoms with E-state index in [4.69, 9.17) is 0 Å². The van der Waals surface area contributed by atoms with Crippen LogP contribution in [0.3, 0.4) is 0 Å². The third-order valence-corrected chi connectivity index (χ3v) is 3.25. The molecule has 2 heterocycles. The monoisotopic (exact) mass is 275 g/mol. The number of piperazine rings is 1. The molecule has 1 aliphatic rings. The van der Waals surface area contributed by atoms with E-state index < -0.39 is 12.7 Å². The van der Waals surface area contributed by atoms with Gasteiger partial charge in [-0.25, -0.2) is 0 Å². The summed E-state index contributed by atoms with van der Waals surface area (Å²) in [7, 11) is 0. The third kappa shape index (κ3) is 3.50. The fourth-order valence-electron chi connectivity index (χ4n) is 2.22. The van der Waals surface area contributed by atoms with E-state index in [1.54, 1.807) is 24.1 Å². The second kappa shape index (κ2) is 5.24. The van der Waals surface area contributed by atoms with Gasteiger partial charge in [-0.2, -0.15) is 13.2 Å². The zero-order valence-electron chi connectivity index (χ0n) is 10.6. The Morgan fingerprint density at radius 3 is 2.42 bits per heavy atom. The van der Waals surface area contributed by atoms with Crippen molar-refractivity contribution in [2.75, 3.05) is 32.7 Å². The van der Waals surface area contributed by atoms with Gasteiger partial charge in [0.1, 0.15) is 0 Å². The standard InChI is InChI=1S/C12H16F3N3O/c1-9-10(2-3-16-9)11(19)18-6-4-17(5-7-18)8-12(13,14)15/h2-3,16H,4-8H2,1H3. The molecule has 0 saturated carbocycles. The molecule has 1 N–H and O–H groups in total. The smallest absolute Gasteiger partial charge is 0.365 e. The first-order valence-electron chi connectivity index (χ1n) is 6.09. The van der Waals surface area contributed by atoms with Gasteiger partial charge in [0.05, 0.1) is 12.1 Å². The highest BCUT2D eigenvalue weighted by atomic mass is 19.4. The lowest BCUT2D eigenvalue weighted by molar-refractivity contribution is -0.148. The molecule has 1 saturated heterocycles. The van der Waals surface area contributed by atoms with Crippen LogP contribution >= 0.6 is 0 Å². The molecule has 0 unspecified atom stereocenters. The molecule has 2 rings (SSSR count). The number of halogens is 3. The van der Waals surface area contributed by atoms with Gasteiger partial charge in [0, 0.05) is 38.1 Å². The van der Waals surface area contributed by atoms with Gasteiger partial charge >= 0.3 is 6.18 Å². The van der Waals surface area contributed by atoms with Crippen LogP contribution in [-0.4, -0.2) is 59.6 Å². The van der Waals surface area contributed by atoms with Crippen molar-refractivity contribution in [3.63, 3.8) is 0 Å². The predicted molar refractivity (Wildman–Crippen MR) is 63.9 cm³/mol. The summed E-state index contributed by atoms with van der Waals surface area (Å²) in [5.41, 5.74) is 1.37. The van der Waals surface area contributed by atoms with Crippen molar-refractivity contribution in [1.29, 1.82) is 0 Å². The van der Waals surface area contributed by atoms with Gasteiger partial charge in [0.15, 0.2) is 0 Å². The van der Waals surface area contributed by atoms with E-state index in [9.17, 15) is 18.0 Å². The molecule has 7 heteroatoms. The number of amides is 1. The minimum Gasteiger partial charge on any atom is -0.365 e. The first-order chi connectivity index (χ1) is 8.87. The highest BCUT2D eigenvalue weighted by molar-refractivity contribution is 5.95. The first-order valence-corrected chi connectivity index (χ1v) is 6.09. The minimum atomic E-state index is -4.18. The number of hydrogen-bond acceptors (Lipinski definition) is 2. The van der Waals surface area contributed by atoms with E-state index in [-0.39, 0.29) is 19.0 Å². The molecule has 0 bridgehead atoms. The number of H-pyrrole nitrogens is 1. The van der Waals surface area contributed by atoms with Gasteiger partial charge in [-0.1, -0.05) is 0 Å². The van der Waals surface area contributed by atoms with Crippen LogP contribution in [0.5, 0.6) is 0 Å². The van der Waals surface area contributed by atoms with Gasteiger partial charge in [-0.3, -0.25) is 9.69 Å². The molecule has 1 amide bonds. The Kier molecular flexibility index (Phi) is 3.84. The molecule has 0 spiro atoms. The number of nitrogens with zero attached hydrogens (tertiary/aromatic N) is 2. The molecule has 0 atom stereocenters. The largest absolute Gasteiger partial charge is 0.401 e. The number of aromatic amines is 1. The molecular weight excluding hydrogens is 259 g/mol. The number of nitrogens with one attached hydrogen (secondary N) is 1. The molecule has 0 aliphatic carbocycles. The Morgan fingerprint density at radius 2 is 1.95 bits per heavy atom. The maximum absolute atomic E-state index is 12.2. The van der Waals surface area contributed by atoms with Gasteiger partial charge in [-0.05, 0) is 13.0 Å².